The van der Waals surface area contributed by atoms with Crippen LogP contribution in [0, 0.1) is 12.8 Å². The van der Waals surface area contributed by atoms with Gasteiger partial charge in [0, 0.05) is 19.6 Å². The molecule has 14 heavy (non-hydrogen) atoms. The van der Waals surface area contributed by atoms with Crippen LogP contribution in [0.1, 0.15) is 24.0 Å². The van der Waals surface area contributed by atoms with Crippen molar-refractivity contribution in [1.82, 2.24) is 9.55 Å². The zero-order valence-electron chi connectivity index (χ0n) is 8.73. The van der Waals surface area contributed by atoms with Crippen molar-refractivity contribution in [2.75, 3.05) is 13.2 Å². The maximum atomic E-state index is 6.17. The summed E-state index contributed by atoms with van der Waals surface area (Å²) >= 11 is 0. The molecule has 2 heterocycles. The van der Waals surface area contributed by atoms with Gasteiger partial charge < -0.3 is 15.0 Å². The van der Waals surface area contributed by atoms with Crippen molar-refractivity contribution in [3.05, 3.63) is 17.7 Å². The second-order valence-electron chi connectivity index (χ2n) is 3.94. The van der Waals surface area contributed by atoms with Gasteiger partial charge in [0.1, 0.15) is 5.82 Å². The van der Waals surface area contributed by atoms with E-state index in [9.17, 15) is 0 Å². The minimum atomic E-state index is 0.0590. The number of aryl methyl sites for hydroxylation is 1. The third-order valence-corrected chi connectivity index (χ3v) is 3.07. The highest BCUT2D eigenvalue weighted by molar-refractivity contribution is 5.10. The molecule has 1 saturated heterocycles. The molecule has 2 rings (SSSR count). The Bertz CT molecular complexity index is 315. The average molecular weight is 195 g/mol. The number of imidazole rings is 1. The summed E-state index contributed by atoms with van der Waals surface area (Å²) in [6.45, 7) is 3.61. The molecule has 1 aliphatic heterocycles. The van der Waals surface area contributed by atoms with E-state index in [-0.39, 0.29) is 6.04 Å². The molecule has 2 unspecified atom stereocenters. The van der Waals surface area contributed by atoms with Gasteiger partial charge in [-0.2, -0.15) is 0 Å². The Morgan fingerprint density at radius 2 is 2.50 bits per heavy atom. The van der Waals surface area contributed by atoms with E-state index in [0.29, 0.717) is 5.92 Å². The first-order chi connectivity index (χ1) is 6.70. The molecule has 2 atom stereocenters. The van der Waals surface area contributed by atoms with Gasteiger partial charge in [-0.25, -0.2) is 4.98 Å². The van der Waals surface area contributed by atoms with E-state index >= 15 is 0 Å². The number of ether oxygens (including phenoxy) is 1. The summed E-state index contributed by atoms with van der Waals surface area (Å²) in [5.74, 6) is 1.46. The predicted molar refractivity (Wildman–Crippen MR) is 53.8 cm³/mol. The molecule has 4 nitrogen and oxygen atoms in total. The van der Waals surface area contributed by atoms with Gasteiger partial charge in [-0.05, 0) is 13.3 Å². The molecule has 0 amide bonds. The monoisotopic (exact) mass is 195 g/mol. The SMILES string of the molecule is Cc1ncc(C(N)C2CCOC2)n1C. The molecule has 2 N–H and O–H groups in total. The largest absolute Gasteiger partial charge is 0.381 e. The third-order valence-electron chi connectivity index (χ3n) is 3.07. The third kappa shape index (κ3) is 1.55. The van der Waals surface area contributed by atoms with E-state index in [2.05, 4.69) is 9.55 Å². The van der Waals surface area contributed by atoms with E-state index < -0.39 is 0 Å². The van der Waals surface area contributed by atoms with Crippen LogP contribution in [0.2, 0.25) is 0 Å². The summed E-state index contributed by atoms with van der Waals surface area (Å²) in [6.07, 6.45) is 2.93. The number of hydrogen-bond acceptors (Lipinski definition) is 3. The van der Waals surface area contributed by atoms with E-state index in [0.717, 1.165) is 31.2 Å². The summed E-state index contributed by atoms with van der Waals surface area (Å²) in [4.78, 5) is 4.25. The molecule has 1 fully saturated rings. The van der Waals surface area contributed by atoms with E-state index in [1.165, 1.54) is 0 Å². The smallest absolute Gasteiger partial charge is 0.105 e. The van der Waals surface area contributed by atoms with Crippen LogP contribution in [0.3, 0.4) is 0 Å². The van der Waals surface area contributed by atoms with Crippen LogP contribution >= 0.6 is 0 Å². The minimum Gasteiger partial charge on any atom is -0.381 e. The van der Waals surface area contributed by atoms with E-state index in [1.54, 1.807) is 0 Å². The van der Waals surface area contributed by atoms with Crippen LogP contribution in [-0.4, -0.2) is 22.8 Å². The number of nitrogens with zero attached hydrogens (tertiary/aromatic N) is 2. The van der Waals surface area contributed by atoms with Gasteiger partial charge in [-0.1, -0.05) is 0 Å². The summed E-state index contributed by atoms with van der Waals surface area (Å²) in [7, 11) is 2.01. The molecule has 1 aliphatic rings. The number of nitrogens with two attached hydrogens (primary N) is 1. The molecule has 0 radical (unpaired) electrons. The van der Waals surface area contributed by atoms with E-state index in [1.807, 2.05) is 20.2 Å². The van der Waals surface area contributed by atoms with Crippen molar-refractivity contribution in [1.29, 1.82) is 0 Å². The maximum absolute atomic E-state index is 6.17. The molecule has 4 heteroatoms. The first-order valence-corrected chi connectivity index (χ1v) is 5.01. The van der Waals surface area contributed by atoms with Crippen LogP contribution in [0.25, 0.3) is 0 Å². The van der Waals surface area contributed by atoms with Crippen LogP contribution < -0.4 is 5.73 Å². The van der Waals surface area contributed by atoms with Gasteiger partial charge in [0.05, 0.1) is 24.5 Å². The summed E-state index contributed by atoms with van der Waals surface area (Å²) < 4.78 is 7.40. The zero-order valence-corrected chi connectivity index (χ0v) is 8.73. The first kappa shape index (κ1) is 9.68. The molecular formula is C10H17N3O. The molecule has 0 spiro atoms. The van der Waals surface area contributed by atoms with Crippen molar-refractivity contribution in [3.63, 3.8) is 0 Å². The van der Waals surface area contributed by atoms with Gasteiger partial charge in [0.2, 0.25) is 0 Å². The molecule has 0 aromatic carbocycles. The topological polar surface area (TPSA) is 53.1 Å². The first-order valence-electron chi connectivity index (χ1n) is 5.01. The van der Waals surface area contributed by atoms with Gasteiger partial charge in [-0.15, -0.1) is 0 Å². The fourth-order valence-electron chi connectivity index (χ4n) is 1.91. The Hall–Kier alpha value is -0.870. The Morgan fingerprint density at radius 1 is 1.71 bits per heavy atom. The Morgan fingerprint density at radius 3 is 3.00 bits per heavy atom. The summed E-state index contributed by atoms with van der Waals surface area (Å²) in [6, 6.07) is 0.0590. The van der Waals surface area contributed by atoms with Crippen molar-refractivity contribution in [3.8, 4) is 0 Å². The highest BCUT2D eigenvalue weighted by Crippen LogP contribution is 2.26. The predicted octanol–water partition coefficient (Wildman–Crippen LogP) is 0.765. The van der Waals surface area contributed by atoms with Gasteiger partial charge >= 0.3 is 0 Å². The summed E-state index contributed by atoms with van der Waals surface area (Å²) in [5, 5.41) is 0. The molecule has 0 aliphatic carbocycles. The Labute approximate surface area is 84.1 Å². The molecule has 0 bridgehead atoms. The quantitative estimate of drug-likeness (QED) is 0.758. The molecule has 0 saturated carbocycles. The second kappa shape index (κ2) is 3.71. The van der Waals surface area contributed by atoms with Crippen molar-refractivity contribution in [2.45, 2.75) is 19.4 Å². The van der Waals surface area contributed by atoms with Crippen LogP contribution in [-0.2, 0) is 11.8 Å². The van der Waals surface area contributed by atoms with Crippen LogP contribution in [0.15, 0.2) is 6.20 Å². The van der Waals surface area contributed by atoms with Crippen molar-refractivity contribution < 1.29 is 4.74 Å². The van der Waals surface area contributed by atoms with Crippen LogP contribution in [0.5, 0.6) is 0 Å². The van der Waals surface area contributed by atoms with Crippen molar-refractivity contribution in [2.24, 2.45) is 18.7 Å². The second-order valence-corrected chi connectivity index (χ2v) is 3.94. The lowest BCUT2D eigenvalue weighted by molar-refractivity contribution is 0.180. The highest BCUT2D eigenvalue weighted by atomic mass is 16.5. The van der Waals surface area contributed by atoms with Crippen LogP contribution in [0.4, 0.5) is 0 Å². The standard InChI is InChI=1S/C10H17N3O/c1-7-12-5-9(13(7)2)10(11)8-3-4-14-6-8/h5,8,10H,3-4,6,11H2,1-2H3. The molecule has 78 valence electrons. The molecule has 1 aromatic heterocycles. The summed E-state index contributed by atoms with van der Waals surface area (Å²) in [5.41, 5.74) is 7.28. The fourth-order valence-corrected chi connectivity index (χ4v) is 1.91. The van der Waals surface area contributed by atoms with Gasteiger partial charge in [0.25, 0.3) is 0 Å². The Balaban J connectivity index is 2.17. The van der Waals surface area contributed by atoms with Crippen molar-refractivity contribution >= 4 is 0 Å². The fraction of sp³-hybridized carbons (Fsp3) is 0.700. The normalized spacial score (nSPS) is 24.1. The lowest BCUT2D eigenvalue weighted by atomic mass is 9.97. The Kier molecular flexibility index (Phi) is 2.56. The van der Waals surface area contributed by atoms with E-state index in [4.69, 9.17) is 10.5 Å². The number of hydrogen-bond donors (Lipinski definition) is 1. The maximum Gasteiger partial charge on any atom is 0.105 e. The lowest BCUT2D eigenvalue weighted by Gasteiger charge is -2.18. The highest BCUT2D eigenvalue weighted by Gasteiger charge is 2.26. The number of rotatable bonds is 2. The zero-order chi connectivity index (χ0) is 10.1. The lowest BCUT2D eigenvalue weighted by Crippen LogP contribution is -2.23. The number of aromatic nitrogens is 2. The van der Waals surface area contributed by atoms with Gasteiger partial charge in [-0.3, -0.25) is 0 Å². The molecule has 1 aromatic rings. The molecular weight excluding hydrogens is 178 g/mol. The average Bonchev–Trinajstić information content (AvgIpc) is 2.77. The minimum absolute atomic E-state index is 0.0590. The van der Waals surface area contributed by atoms with Gasteiger partial charge in [0.15, 0.2) is 0 Å².